The molecule has 0 fully saturated rings. The highest BCUT2D eigenvalue weighted by Gasteiger charge is 2.17. The third kappa shape index (κ3) is 2.50. The summed E-state index contributed by atoms with van der Waals surface area (Å²) in [4.78, 5) is 6.97. The zero-order valence-electron chi connectivity index (χ0n) is 12.3. The van der Waals surface area contributed by atoms with E-state index in [9.17, 15) is 5.11 Å². The molecule has 0 saturated heterocycles. The molecule has 0 aliphatic heterocycles. The Hall–Kier alpha value is -2.30. The van der Waals surface area contributed by atoms with Crippen molar-refractivity contribution in [1.82, 2.24) is 9.38 Å². The molecule has 0 aliphatic carbocycles. The lowest BCUT2D eigenvalue weighted by molar-refractivity contribution is 0.475. The van der Waals surface area contributed by atoms with Crippen molar-refractivity contribution < 1.29 is 5.11 Å². The Bertz CT molecular complexity index is 984. The van der Waals surface area contributed by atoms with E-state index in [1.165, 1.54) is 4.88 Å². The summed E-state index contributed by atoms with van der Waals surface area (Å²) in [6.45, 7) is 2.07. The van der Waals surface area contributed by atoms with Gasteiger partial charge in [0.15, 0.2) is 4.96 Å². The summed E-state index contributed by atoms with van der Waals surface area (Å²) in [5.74, 6) is 0.254. The van der Waals surface area contributed by atoms with Crippen molar-refractivity contribution in [2.24, 2.45) is 0 Å². The van der Waals surface area contributed by atoms with Crippen molar-refractivity contribution in [3.63, 3.8) is 0 Å². The number of hydrogen-bond acceptors (Lipinski definition) is 3. The van der Waals surface area contributed by atoms with Crippen LogP contribution in [-0.4, -0.2) is 14.5 Å². The van der Waals surface area contributed by atoms with Crippen LogP contribution in [-0.2, 0) is 0 Å². The van der Waals surface area contributed by atoms with E-state index in [0.717, 1.165) is 27.5 Å². The van der Waals surface area contributed by atoms with Gasteiger partial charge in [-0.05, 0) is 43.3 Å². The quantitative estimate of drug-likeness (QED) is 0.530. The normalized spacial score (nSPS) is 11.2. The number of fused-ring (bicyclic) bond motifs is 1. The van der Waals surface area contributed by atoms with Gasteiger partial charge in [0.2, 0.25) is 0 Å². The molecule has 0 radical (unpaired) electrons. The minimum atomic E-state index is 0.254. The van der Waals surface area contributed by atoms with Gasteiger partial charge in [-0.15, -0.1) is 11.3 Å². The third-order valence-corrected chi connectivity index (χ3v) is 4.85. The van der Waals surface area contributed by atoms with Crippen LogP contribution in [0.25, 0.3) is 27.5 Å². The second-order valence-electron chi connectivity index (χ2n) is 5.36. The number of imidazole rings is 1. The summed E-state index contributed by atoms with van der Waals surface area (Å²) in [6.07, 6.45) is 2.09. The van der Waals surface area contributed by atoms with Crippen LogP contribution in [0.3, 0.4) is 0 Å². The maximum absolute atomic E-state index is 9.55. The summed E-state index contributed by atoms with van der Waals surface area (Å²) < 4.78 is 2.11. The van der Waals surface area contributed by atoms with Gasteiger partial charge in [-0.2, -0.15) is 0 Å². The van der Waals surface area contributed by atoms with Gasteiger partial charge in [-0.25, -0.2) is 4.98 Å². The van der Waals surface area contributed by atoms with E-state index in [4.69, 9.17) is 16.6 Å². The highest BCUT2D eigenvalue weighted by atomic mass is 35.5. The van der Waals surface area contributed by atoms with Crippen LogP contribution in [0.1, 0.15) is 4.88 Å². The van der Waals surface area contributed by atoms with E-state index in [0.29, 0.717) is 5.02 Å². The van der Waals surface area contributed by atoms with Crippen LogP contribution in [0.15, 0.2) is 54.7 Å². The predicted molar refractivity (Wildman–Crippen MR) is 95.4 cm³/mol. The molecular weight excluding hydrogens is 328 g/mol. The lowest BCUT2D eigenvalue weighted by Crippen LogP contribution is -1.87. The minimum absolute atomic E-state index is 0.254. The first-order valence-corrected chi connectivity index (χ1v) is 8.35. The Labute approximate surface area is 142 Å². The van der Waals surface area contributed by atoms with Crippen molar-refractivity contribution in [2.45, 2.75) is 6.92 Å². The Morgan fingerprint density at radius 1 is 1.00 bits per heavy atom. The van der Waals surface area contributed by atoms with Crippen LogP contribution < -0.4 is 0 Å². The Morgan fingerprint density at radius 2 is 1.65 bits per heavy atom. The smallest absolute Gasteiger partial charge is 0.194 e. The third-order valence-electron chi connectivity index (χ3n) is 3.70. The fourth-order valence-electron chi connectivity index (χ4n) is 2.66. The van der Waals surface area contributed by atoms with Crippen molar-refractivity contribution in [2.75, 3.05) is 0 Å². The summed E-state index contributed by atoms with van der Waals surface area (Å²) in [6, 6.07) is 14.9. The average Bonchev–Trinajstić information content (AvgIpc) is 3.05. The predicted octanol–water partition coefficient (Wildman–Crippen LogP) is 5.40. The van der Waals surface area contributed by atoms with E-state index >= 15 is 0 Å². The number of rotatable bonds is 2. The van der Waals surface area contributed by atoms with Crippen LogP contribution in [0, 0.1) is 6.92 Å². The van der Waals surface area contributed by atoms with Crippen molar-refractivity contribution >= 4 is 27.9 Å². The van der Waals surface area contributed by atoms with E-state index < -0.39 is 0 Å². The maximum atomic E-state index is 9.55. The summed E-state index contributed by atoms with van der Waals surface area (Å²) >= 11 is 7.66. The van der Waals surface area contributed by atoms with Crippen LogP contribution in [0.4, 0.5) is 0 Å². The molecule has 0 amide bonds. The molecule has 5 heteroatoms. The molecule has 0 unspecified atom stereocenters. The molecule has 0 bridgehead atoms. The zero-order chi connectivity index (χ0) is 16.0. The molecule has 4 aromatic rings. The van der Waals surface area contributed by atoms with Gasteiger partial charge in [0, 0.05) is 27.2 Å². The highest BCUT2D eigenvalue weighted by Crippen LogP contribution is 2.36. The lowest BCUT2D eigenvalue weighted by atomic mass is 10.0. The van der Waals surface area contributed by atoms with Gasteiger partial charge < -0.3 is 5.11 Å². The standard InChI is InChI=1S/C18H13ClN2OS/c1-11-10-21-17(13-4-8-15(22)9-5-13)16(20-18(21)23-11)12-2-6-14(19)7-3-12/h2-10,22H,1H3. The summed E-state index contributed by atoms with van der Waals surface area (Å²) in [5.41, 5.74) is 3.97. The number of benzene rings is 2. The molecule has 0 saturated carbocycles. The van der Waals surface area contributed by atoms with Gasteiger partial charge in [0.1, 0.15) is 5.75 Å². The van der Waals surface area contributed by atoms with E-state index in [1.807, 2.05) is 36.4 Å². The summed E-state index contributed by atoms with van der Waals surface area (Å²) in [7, 11) is 0. The fourth-order valence-corrected chi connectivity index (χ4v) is 3.61. The first-order chi connectivity index (χ1) is 11.1. The first kappa shape index (κ1) is 14.3. The number of phenolic OH excluding ortho intramolecular Hbond substituents is 1. The monoisotopic (exact) mass is 340 g/mol. The summed E-state index contributed by atoms with van der Waals surface area (Å²) in [5, 5.41) is 10.3. The number of aryl methyl sites for hydroxylation is 1. The second kappa shape index (κ2) is 5.41. The number of hydrogen-bond donors (Lipinski definition) is 1. The number of nitrogens with zero attached hydrogens (tertiary/aromatic N) is 2. The van der Waals surface area contributed by atoms with Crippen LogP contribution in [0.5, 0.6) is 5.75 Å². The van der Waals surface area contributed by atoms with Crippen molar-refractivity contribution in [3.8, 4) is 28.3 Å². The van der Waals surface area contributed by atoms with Crippen LogP contribution in [0.2, 0.25) is 5.02 Å². The van der Waals surface area contributed by atoms with Crippen molar-refractivity contribution in [3.05, 3.63) is 64.6 Å². The van der Waals surface area contributed by atoms with Gasteiger partial charge in [-0.1, -0.05) is 23.7 Å². The molecule has 0 aliphatic rings. The molecule has 2 aromatic heterocycles. The Kier molecular flexibility index (Phi) is 3.36. The fraction of sp³-hybridized carbons (Fsp3) is 0.0556. The topological polar surface area (TPSA) is 37.5 Å². The molecular formula is C18H13ClN2OS. The van der Waals surface area contributed by atoms with Gasteiger partial charge in [0.25, 0.3) is 0 Å². The van der Waals surface area contributed by atoms with E-state index in [2.05, 4.69) is 17.5 Å². The molecule has 0 atom stereocenters. The average molecular weight is 341 g/mol. The lowest BCUT2D eigenvalue weighted by Gasteiger charge is -2.05. The molecule has 3 nitrogen and oxygen atoms in total. The number of thiazole rings is 1. The number of halogens is 1. The Morgan fingerprint density at radius 3 is 2.35 bits per heavy atom. The number of aromatic nitrogens is 2. The maximum Gasteiger partial charge on any atom is 0.194 e. The minimum Gasteiger partial charge on any atom is -0.508 e. The molecule has 2 aromatic carbocycles. The largest absolute Gasteiger partial charge is 0.508 e. The van der Waals surface area contributed by atoms with Gasteiger partial charge in [0.05, 0.1) is 11.4 Å². The highest BCUT2D eigenvalue weighted by molar-refractivity contribution is 7.17. The van der Waals surface area contributed by atoms with E-state index in [1.54, 1.807) is 23.5 Å². The molecule has 4 rings (SSSR count). The SMILES string of the molecule is Cc1cn2c(-c3ccc(O)cc3)c(-c3ccc(Cl)cc3)nc2s1. The number of aromatic hydroxyl groups is 1. The van der Waals surface area contributed by atoms with Crippen molar-refractivity contribution in [1.29, 1.82) is 0 Å². The molecule has 2 heterocycles. The van der Waals surface area contributed by atoms with Gasteiger partial charge in [-0.3, -0.25) is 4.40 Å². The second-order valence-corrected chi connectivity index (χ2v) is 7.01. The zero-order valence-corrected chi connectivity index (χ0v) is 13.9. The molecule has 1 N–H and O–H groups in total. The van der Waals surface area contributed by atoms with E-state index in [-0.39, 0.29) is 5.75 Å². The Balaban J connectivity index is 2.00. The molecule has 114 valence electrons. The van der Waals surface area contributed by atoms with Crippen LogP contribution >= 0.6 is 22.9 Å². The molecule has 0 spiro atoms. The first-order valence-electron chi connectivity index (χ1n) is 7.15. The van der Waals surface area contributed by atoms with Gasteiger partial charge >= 0.3 is 0 Å². The molecule has 23 heavy (non-hydrogen) atoms. The number of phenols is 1.